The first kappa shape index (κ1) is 20.8. The van der Waals surface area contributed by atoms with Gasteiger partial charge in [-0.05, 0) is 54.3 Å². The number of anilines is 1. The molecule has 0 N–H and O–H groups in total. The van der Waals surface area contributed by atoms with E-state index in [0.29, 0.717) is 0 Å². The standard InChI is InChI=1S/C22H30N6OS/c1-5-22(2,3)28-21(23-24-25-28)20(19-10-7-15-30-19)27-13-11-26(12-14-27)17-8-6-9-18(16-17)29-4/h6-10,15-16,20H,5,11-14H2,1-4H3. The van der Waals surface area contributed by atoms with Crippen molar-refractivity contribution < 1.29 is 4.74 Å². The van der Waals surface area contributed by atoms with Crippen LogP contribution in [0, 0.1) is 0 Å². The average molecular weight is 427 g/mol. The summed E-state index contributed by atoms with van der Waals surface area (Å²) in [5.74, 6) is 1.83. The minimum absolute atomic E-state index is 0.0679. The van der Waals surface area contributed by atoms with Gasteiger partial charge in [-0.3, -0.25) is 4.90 Å². The number of thiophene rings is 1. The van der Waals surface area contributed by atoms with E-state index in [0.717, 1.165) is 44.2 Å². The number of piperazine rings is 1. The highest BCUT2D eigenvalue weighted by molar-refractivity contribution is 7.10. The van der Waals surface area contributed by atoms with Gasteiger partial charge in [-0.15, -0.1) is 16.4 Å². The van der Waals surface area contributed by atoms with Gasteiger partial charge >= 0.3 is 0 Å². The molecule has 4 rings (SSSR count). The largest absolute Gasteiger partial charge is 0.497 e. The molecule has 7 nitrogen and oxygen atoms in total. The van der Waals surface area contributed by atoms with Crippen molar-refractivity contribution in [3.05, 3.63) is 52.5 Å². The van der Waals surface area contributed by atoms with E-state index < -0.39 is 0 Å². The fraction of sp³-hybridized carbons (Fsp3) is 0.500. The molecule has 1 saturated heterocycles. The maximum absolute atomic E-state index is 5.40. The number of tetrazole rings is 1. The first-order chi connectivity index (χ1) is 14.5. The molecule has 0 saturated carbocycles. The van der Waals surface area contributed by atoms with Gasteiger partial charge < -0.3 is 9.64 Å². The molecule has 0 aliphatic carbocycles. The maximum Gasteiger partial charge on any atom is 0.174 e. The summed E-state index contributed by atoms with van der Waals surface area (Å²) in [5, 5.41) is 15.1. The van der Waals surface area contributed by atoms with Gasteiger partial charge in [0, 0.05) is 42.8 Å². The lowest BCUT2D eigenvalue weighted by atomic mass is 10.0. The lowest BCUT2D eigenvalue weighted by Crippen LogP contribution is -2.48. The molecule has 160 valence electrons. The molecule has 2 aromatic heterocycles. The molecule has 0 amide bonds. The second kappa shape index (κ2) is 8.73. The van der Waals surface area contributed by atoms with Crippen LogP contribution in [0.15, 0.2) is 41.8 Å². The predicted octanol–water partition coefficient (Wildman–Crippen LogP) is 3.80. The molecular formula is C22H30N6OS. The number of rotatable bonds is 7. The van der Waals surface area contributed by atoms with Crippen molar-refractivity contribution in [2.24, 2.45) is 0 Å². The molecule has 0 spiro atoms. The molecule has 1 aliphatic heterocycles. The van der Waals surface area contributed by atoms with Gasteiger partial charge in [0.15, 0.2) is 5.82 Å². The summed E-state index contributed by atoms with van der Waals surface area (Å²) < 4.78 is 7.42. The normalized spacial score (nSPS) is 16.6. The van der Waals surface area contributed by atoms with Crippen LogP contribution in [0.3, 0.4) is 0 Å². The summed E-state index contributed by atoms with van der Waals surface area (Å²) in [6.07, 6.45) is 0.964. The monoisotopic (exact) mass is 426 g/mol. The molecule has 1 aromatic carbocycles. The zero-order valence-electron chi connectivity index (χ0n) is 18.2. The highest BCUT2D eigenvalue weighted by Crippen LogP contribution is 2.34. The molecule has 1 aliphatic rings. The molecule has 1 unspecified atom stereocenters. The predicted molar refractivity (Wildman–Crippen MR) is 120 cm³/mol. The molecule has 30 heavy (non-hydrogen) atoms. The smallest absolute Gasteiger partial charge is 0.174 e. The second-order valence-electron chi connectivity index (χ2n) is 8.26. The Morgan fingerprint density at radius 1 is 1.13 bits per heavy atom. The lowest BCUT2D eigenvalue weighted by molar-refractivity contribution is 0.189. The minimum atomic E-state index is -0.128. The third kappa shape index (κ3) is 4.06. The van der Waals surface area contributed by atoms with E-state index in [4.69, 9.17) is 4.74 Å². The Bertz CT molecular complexity index is 946. The zero-order valence-corrected chi connectivity index (χ0v) is 19.0. The van der Waals surface area contributed by atoms with Crippen molar-refractivity contribution in [2.75, 3.05) is 38.2 Å². The van der Waals surface area contributed by atoms with Gasteiger partial charge in [0.25, 0.3) is 0 Å². The Hall–Kier alpha value is -2.45. The SMILES string of the molecule is CCC(C)(C)n1nnnc1C(c1cccs1)N1CCN(c2cccc(OC)c2)CC1. The van der Waals surface area contributed by atoms with E-state index in [-0.39, 0.29) is 11.6 Å². The van der Waals surface area contributed by atoms with Crippen LogP contribution in [0.1, 0.15) is 43.9 Å². The van der Waals surface area contributed by atoms with E-state index in [1.54, 1.807) is 18.4 Å². The number of aromatic nitrogens is 4. The summed E-state index contributed by atoms with van der Waals surface area (Å²) in [7, 11) is 1.71. The first-order valence-electron chi connectivity index (χ1n) is 10.5. The number of hydrogen-bond acceptors (Lipinski definition) is 7. The van der Waals surface area contributed by atoms with Crippen LogP contribution in [-0.4, -0.2) is 58.4 Å². The maximum atomic E-state index is 5.40. The van der Waals surface area contributed by atoms with Crippen LogP contribution in [0.5, 0.6) is 5.75 Å². The molecule has 3 aromatic rings. The summed E-state index contributed by atoms with van der Waals surface area (Å²) in [6, 6.07) is 12.7. The number of hydrogen-bond donors (Lipinski definition) is 0. The van der Waals surface area contributed by atoms with Crippen LogP contribution in [-0.2, 0) is 5.54 Å². The third-order valence-electron chi connectivity index (χ3n) is 6.09. The zero-order chi connectivity index (χ0) is 21.1. The number of methoxy groups -OCH3 is 1. The van der Waals surface area contributed by atoms with Crippen LogP contribution < -0.4 is 9.64 Å². The second-order valence-corrected chi connectivity index (χ2v) is 9.24. The molecular weight excluding hydrogens is 396 g/mol. The fourth-order valence-corrected chi connectivity index (χ4v) is 4.76. The van der Waals surface area contributed by atoms with Crippen LogP contribution in [0.2, 0.25) is 0 Å². The number of nitrogens with zero attached hydrogens (tertiary/aromatic N) is 6. The average Bonchev–Trinajstić information content (AvgIpc) is 3.48. The van der Waals surface area contributed by atoms with Crippen molar-refractivity contribution >= 4 is 17.0 Å². The first-order valence-corrected chi connectivity index (χ1v) is 11.4. The van der Waals surface area contributed by atoms with Crippen molar-refractivity contribution in [3.63, 3.8) is 0 Å². The fourth-order valence-electron chi connectivity index (χ4n) is 3.91. The highest BCUT2D eigenvalue weighted by atomic mass is 32.1. The Balaban J connectivity index is 1.58. The number of benzene rings is 1. The van der Waals surface area contributed by atoms with Crippen LogP contribution in [0.4, 0.5) is 5.69 Å². The summed E-state index contributed by atoms with van der Waals surface area (Å²) in [4.78, 5) is 6.22. The van der Waals surface area contributed by atoms with E-state index in [1.165, 1.54) is 10.6 Å². The van der Waals surface area contributed by atoms with E-state index in [1.807, 2.05) is 10.7 Å². The Kier molecular flexibility index (Phi) is 6.06. The Morgan fingerprint density at radius 2 is 1.93 bits per heavy atom. The molecule has 0 radical (unpaired) electrons. The van der Waals surface area contributed by atoms with Gasteiger partial charge in [-0.2, -0.15) is 0 Å². The van der Waals surface area contributed by atoms with Crippen molar-refractivity contribution in [3.8, 4) is 5.75 Å². The molecule has 0 bridgehead atoms. The Morgan fingerprint density at radius 3 is 2.60 bits per heavy atom. The summed E-state index contributed by atoms with van der Waals surface area (Å²) in [6.45, 7) is 10.4. The van der Waals surface area contributed by atoms with Crippen molar-refractivity contribution in [1.82, 2.24) is 25.1 Å². The van der Waals surface area contributed by atoms with Gasteiger partial charge in [0.1, 0.15) is 11.8 Å². The van der Waals surface area contributed by atoms with E-state index in [2.05, 4.69) is 81.8 Å². The Labute approximate surface area is 182 Å². The molecule has 1 fully saturated rings. The number of ether oxygens (including phenoxy) is 1. The van der Waals surface area contributed by atoms with Crippen LogP contribution >= 0.6 is 11.3 Å². The summed E-state index contributed by atoms with van der Waals surface area (Å²) in [5.41, 5.74) is 1.08. The quantitative estimate of drug-likeness (QED) is 0.573. The van der Waals surface area contributed by atoms with E-state index in [9.17, 15) is 0 Å². The third-order valence-corrected chi connectivity index (χ3v) is 7.01. The lowest BCUT2D eigenvalue weighted by Gasteiger charge is -2.40. The van der Waals surface area contributed by atoms with Gasteiger partial charge in [0.2, 0.25) is 0 Å². The van der Waals surface area contributed by atoms with E-state index >= 15 is 0 Å². The van der Waals surface area contributed by atoms with Crippen molar-refractivity contribution in [2.45, 2.75) is 38.8 Å². The topological polar surface area (TPSA) is 59.3 Å². The van der Waals surface area contributed by atoms with Gasteiger partial charge in [0.05, 0.1) is 12.6 Å². The van der Waals surface area contributed by atoms with Crippen LogP contribution in [0.25, 0.3) is 0 Å². The highest BCUT2D eigenvalue weighted by Gasteiger charge is 2.34. The van der Waals surface area contributed by atoms with Gasteiger partial charge in [-0.1, -0.05) is 19.1 Å². The summed E-state index contributed by atoms with van der Waals surface area (Å²) >= 11 is 1.77. The molecule has 8 heteroatoms. The molecule has 1 atom stereocenters. The molecule has 3 heterocycles. The minimum Gasteiger partial charge on any atom is -0.497 e. The van der Waals surface area contributed by atoms with Crippen molar-refractivity contribution in [1.29, 1.82) is 0 Å². The van der Waals surface area contributed by atoms with Gasteiger partial charge in [-0.25, -0.2) is 4.68 Å².